The van der Waals surface area contributed by atoms with Gasteiger partial charge in [-0.1, -0.05) is 43.7 Å². The molecule has 2 nitrogen and oxygen atoms in total. The lowest BCUT2D eigenvalue weighted by Crippen LogP contribution is -2.38. The first-order valence-electron chi connectivity index (χ1n) is 7.84. The second kappa shape index (κ2) is 6.93. The monoisotopic (exact) mass is 294 g/mol. The topological polar surface area (TPSA) is 29.3 Å². The number of benzene rings is 1. The minimum atomic E-state index is 0. The van der Waals surface area contributed by atoms with Gasteiger partial charge in [0.25, 0.3) is 0 Å². The molecule has 2 fully saturated rings. The fourth-order valence-corrected chi connectivity index (χ4v) is 4.19. The largest absolute Gasteiger partial charge is 0.327 e. The summed E-state index contributed by atoms with van der Waals surface area (Å²) < 4.78 is 0. The number of likely N-dealkylation sites (tertiary alicyclic amines) is 1. The molecule has 0 aromatic heterocycles. The predicted molar refractivity (Wildman–Crippen MR) is 87.1 cm³/mol. The summed E-state index contributed by atoms with van der Waals surface area (Å²) in [4.78, 5) is 2.69. The van der Waals surface area contributed by atoms with Crippen LogP contribution in [0.2, 0.25) is 0 Å². The first-order chi connectivity index (χ1) is 9.29. The molecule has 4 unspecified atom stereocenters. The molecule has 0 spiro atoms. The molecule has 0 amide bonds. The van der Waals surface area contributed by atoms with E-state index in [-0.39, 0.29) is 12.4 Å². The Morgan fingerprint density at radius 2 is 1.95 bits per heavy atom. The molecule has 1 aliphatic heterocycles. The van der Waals surface area contributed by atoms with Gasteiger partial charge in [-0.2, -0.15) is 0 Å². The van der Waals surface area contributed by atoms with Crippen LogP contribution in [-0.4, -0.2) is 24.0 Å². The van der Waals surface area contributed by atoms with Gasteiger partial charge in [-0.25, -0.2) is 0 Å². The minimum Gasteiger partial charge on any atom is -0.327 e. The van der Waals surface area contributed by atoms with Crippen LogP contribution in [0.4, 0.5) is 0 Å². The standard InChI is InChI=1S/C17H26N2.ClH/c1-2-17(13-7-4-3-5-8-13)19-11-14-9-6-10-16(18)15(14)12-19;/h3-5,7-8,14-17H,2,6,9-12,18H2,1H3;1H. The van der Waals surface area contributed by atoms with E-state index in [1.165, 1.54) is 44.3 Å². The summed E-state index contributed by atoms with van der Waals surface area (Å²) in [5.41, 5.74) is 7.81. The fraction of sp³-hybridized carbons (Fsp3) is 0.647. The van der Waals surface area contributed by atoms with E-state index in [0.717, 1.165) is 11.8 Å². The second-order valence-corrected chi connectivity index (χ2v) is 6.31. The van der Waals surface area contributed by atoms with Crippen molar-refractivity contribution in [2.75, 3.05) is 13.1 Å². The van der Waals surface area contributed by atoms with Gasteiger partial charge >= 0.3 is 0 Å². The maximum atomic E-state index is 6.34. The number of rotatable bonds is 3. The van der Waals surface area contributed by atoms with Crippen molar-refractivity contribution in [3.05, 3.63) is 35.9 Å². The first kappa shape index (κ1) is 15.8. The Morgan fingerprint density at radius 3 is 2.60 bits per heavy atom. The molecule has 1 saturated heterocycles. The Balaban J connectivity index is 0.00000147. The third-order valence-electron chi connectivity index (χ3n) is 5.19. The highest BCUT2D eigenvalue weighted by molar-refractivity contribution is 5.85. The molecule has 1 aromatic rings. The van der Waals surface area contributed by atoms with Crippen LogP contribution < -0.4 is 5.73 Å². The number of hydrogen-bond acceptors (Lipinski definition) is 2. The van der Waals surface area contributed by atoms with Crippen LogP contribution in [0.15, 0.2) is 30.3 Å². The molecule has 3 heteroatoms. The number of nitrogens with two attached hydrogens (primary N) is 1. The molecule has 2 aliphatic rings. The number of hydrogen-bond donors (Lipinski definition) is 1. The van der Waals surface area contributed by atoms with Crippen LogP contribution in [0.1, 0.15) is 44.2 Å². The molecule has 4 atom stereocenters. The summed E-state index contributed by atoms with van der Waals surface area (Å²) in [6.45, 7) is 4.77. The Hall–Kier alpha value is -0.570. The minimum absolute atomic E-state index is 0. The molecule has 0 radical (unpaired) electrons. The highest BCUT2D eigenvalue weighted by Gasteiger charge is 2.40. The maximum absolute atomic E-state index is 6.34. The molecule has 112 valence electrons. The first-order valence-corrected chi connectivity index (χ1v) is 7.84. The fourth-order valence-electron chi connectivity index (χ4n) is 4.19. The summed E-state index contributed by atoms with van der Waals surface area (Å²) in [6.07, 6.45) is 5.15. The molecule has 1 heterocycles. The highest BCUT2D eigenvalue weighted by atomic mass is 35.5. The Labute approximate surface area is 129 Å². The van der Waals surface area contributed by atoms with Crippen LogP contribution in [0.5, 0.6) is 0 Å². The van der Waals surface area contributed by atoms with Crippen molar-refractivity contribution in [1.82, 2.24) is 4.90 Å². The lowest BCUT2D eigenvalue weighted by Gasteiger charge is -2.30. The van der Waals surface area contributed by atoms with Crippen molar-refractivity contribution < 1.29 is 0 Å². The van der Waals surface area contributed by atoms with E-state index < -0.39 is 0 Å². The predicted octanol–water partition coefficient (Wildman–Crippen LogP) is 3.62. The van der Waals surface area contributed by atoms with E-state index in [0.29, 0.717) is 12.1 Å². The average molecular weight is 295 g/mol. The number of halogens is 1. The molecule has 1 saturated carbocycles. The van der Waals surface area contributed by atoms with Crippen LogP contribution in [-0.2, 0) is 0 Å². The van der Waals surface area contributed by atoms with Gasteiger partial charge in [0.1, 0.15) is 0 Å². The number of fused-ring (bicyclic) bond motifs is 1. The zero-order chi connectivity index (χ0) is 13.2. The molecular weight excluding hydrogens is 268 g/mol. The summed E-state index contributed by atoms with van der Waals surface area (Å²) in [6, 6.07) is 12.0. The SMILES string of the molecule is CCC(c1ccccc1)N1CC2CCCC(N)C2C1.Cl. The van der Waals surface area contributed by atoms with Gasteiger partial charge in [0.05, 0.1) is 0 Å². The molecule has 3 rings (SSSR count). The zero-order valence-electron chi connectivity index (χ0n) is 12.4. The highest BCUT2D eigenvalue weighted by Crippen LogP contribution is 2.39. The van der Waals surface area contributed by atoms with Crippen LogP contribution in [0, 0.1) is 11.8 Å². The quantitative estimate of drug-likeness (QED) is 0.922. The smallest absolute Gasteiger partial charge is 0.0345 e. The van der Waals surface area contributed by atoms with Crippen molar-refractivity contribution in [1.29, 1.82) is 0 Å². The van der Waals surface area contributed by atoms with E-state index >= 15 is 0 Å². The van der Waals surface area contributed by atoms with Crippen LogP contribution in [0.3, 0.4) is 0 Å². The summed E-state index contributed by atoms with van der Waals surface area (Å²) in [5, 5.41) is 0. The van der Waals surface area contributed by atoms with Crippen molar-refractivity contribution in [3.8, 4) is 0 Å². The van der Waals surface area contributed by atoms with Crippen molar-refractivity contribution in [2.24, 2.45) is 17.6 Å². The van der Waals surface area contributed by atoms with Crippen LogP contribution >= 0.6 is 12.4 Å². The lowest BCUT2D eigenvalue weighted by atomic mass is 9.78. The van der Waals surface area contributed by atoms with Gasteiger partial charge in [-0.05, 0) is 36.7 Å². The molecular formula is C17H27ClN2. The van der Waals surface area contributed by atoms with Crippen LogP contribution in [0.25, 0.3) is 0 Å². The van der Waals surface area contributed by atoms with Crippen molar-refractivity contribution >= 4 is 12.4 Å². The third kappa shape index (κ3) is 3.03. The molecule has 0 bridgehead atoms. The van der Waals surface area contributed by atoms with E-state index in [9.17, 15) is 0 Å². The van der Waals surface area contributed by atoms with E-state index in [4.69, 9.17) is 5.73 Å². The van der Waals surface area contributed by atoms with Gasteiger partial charge in [0.15, 0.2) is 0 Å². The van der Waals surface area contributed by atoms with Gasteiger partial charge in [-0.3, -0.25) is 4.90 Å². The van der Waals surface area contributed by atoms with Crippen molar-refractivity contribution in [2.45, 2.75) is 44.7 Å². The molecule has 1 aromatic carbocycles. The second-order valence-electron chi connectivity index (χ2n) is 6.31. The van der Waals surface area contributed by atoms with E-state index in [1.54, 1.807) is 0 Å². The normalized spacial score (nSPS) is 31.4. The maximum Gasteiger partial charge on any atom is 0.0345 e. The average Bonchev–Trinajstić information content (AvgIpc) is 2.86. The van der Waals surface area contributed by atoms with E-state index in [1.807, 2.05) is 0 Å². The van der Waals surface area contributed by atoms with Crippen molar-refractivity contribution in [3.63, 3.8) is 0 Å². The summed E-state index contributed by atoms with van der Waals surface area (Å²) in [7, 11) is 0. The zero-order valence-corrected chi connectivity index (χ0v) is 13.2. The number of nitrogens with zero attached hydrogens (tertiary/aromatic N) is 1. The van der Waals surface area contributed by atoms with E-state index in [2.05, 4.69) is 42.2 Å². The van der Waals surface area contributed by atoms with Gasteiger partial charge in [0, 0.05) is 25.2 Å². The lowest BCUT2D eigenvalue weighted by molar-refractivity contribution is 0.225. The summed E-state index contributed by atoms with van der Waals surface area (Å²) in [5.74, 6) is 1.59. The third-order valence-corrected chi connectivity index (χ3v) is 5.19. The Kier molecular flexibility index (Phi) is 5.48. The van der Waals surface area contributed by atoms with Gasteiger partial charge in [-0.15, -0.1) is 12.4 Å². The Morgan fingerprint density at radius 1 is 1.20 bits per heavy atom. The van der Waals surface area contributed by atoms with Gasteiger partial charge in [0.2, 0.25) is 0 Å². The Bertz CT molecular complexity index is 409. The molecule has 2 N–H and O–H groups in total. The van der Waals surface area contributed by atoms with Gasteiger partial charge < -0.3 is 5.73 Å². The molecule has 20 heavy (non-hydrogen) atoms. The molecule has 1 aliphatic carbocycles. The summed E-state index contributed by atoms with van der Waals surface area (Å²) >= 11 is 0.